The van der Waals surface area contributed by atoms with Crippen LogP contribution in [0, 0.1) is 12.3 Å². The van der Waals surface area contributed by atoms with Gasteiger partial charge < -0.3 is 4.52 Å². The molecule has 2 aromatic rings. The molecule has 0 atom stereocenters. The van der Waals surface area contributed by atoms with Crippen LogP contribution in [0.25, 0.3) is 11.4 Å². The summed E-state index contributed by atoms with van der Waals surface area (Å²) in [5.41, 5.74) is 0.968. The fraction of sp³-hybridized carbons (Fsp3) is 0.333. The molecule has 0 saturated carbocycles. The van der Waals surface area contributed by atoms with E-state index in [1.165, 1.54) is 19.2 Å². The molecule has 134 valence electrons. The van der Waals surface area contributed by atoms with E-state index in [9.17, 15) is 21.6 Å². The SMILES string of the molecule is C#CCCS(=O)(=O)N(C)Cc1ccc(-c2noc(C(F)(F)F)n2)cc1. The van der Waals surface area contributed by atoms with Gasteiger partial charge in [0.25, 0.3) is 0 Å². The lowest BCUT2D eigenvalue weighted by molar-refractivity contribution is -0.159. The highest BCUT2D eigenvalue weighted by Gasteiger charge is 2.38. The number of nitrogens with zero attached hydrogens (tertiary/aromatic N) is 3. The van der Waals surface area contributed by atoms with Gasteiger partial charge in [0, 0.05) is 25.6 Å². The number of hydrogen-bond donors (Lipinski definition) is 0. The lowest BCUT2D eigenvalue weighted by Crippen LogP contribution is -2.28. The van der Waals surface area contributed by atoms with Crippen molar-refractivity contribution in [2.45, 2.75) is 19.1 Å². The number of aromatic nitrogens is 2. The van der Waals surface area contributed by atoms with Crippen molar-refractivity contribution in [1.82, 2.24) is 14.4 Å². The molecule has 0 amide bonds. The maximum atomic E-state index is 12.5. The van der Waals surface area contributed by atoms with Gasteiger partial charge in [0.15, 0.2) is 0 Å². The van der Waals surface area contributed by atoms with E-state index in [0.717, 1.165) is 4.31 Å². The van der Waals surface area contributed by atoms with Crippen LogP contribution in [0.4, 0.5) is 13.2 Å². The summed E-state index contributed by atoms with van der Waals surface area (Å²) in [6.07, 6.45) is 0.474. The molecule has 0 aliphatic rings. The summed E-state index contributed by atoms with van der Waals surface area (Å²) in [6.45, 7) is 0.104. The van der Waals surface area contributed by atoms with Crippen molar-refractivity contribution >= 4 is 10.0 Å². The van der Waals surface area contributed by atoms with Crippen molar-refractivity contribution < 1.29 is 26.1 Å². The summed E-state index contributed by atoms with van der Waals surface area (Å²) in [5, 5.41) is 3.29. The third-order valence-electron chi connectivity index (χ3n) is 3.27. The highest BCUT2D eigenvalue weighted by molar-refractivity contribution is 7.89. The Hall–Kier alpha value is -2.38. The summed E-state index contributed by atoms with van der Waals surface area (Å²) in [7, 11) is -2.04. The molecule has 2 rings (SSSR count). The Labute approximate surface area is 142 Å². The van der Waals surface area contributed by atoms with E-state index < -0.39 is 22.1 Å². The van der Waals surface area contributed by atoms with E-state index in [0.29, 0.717) is 11.1 Å². The lowest BCUT2D eigenvalue weighted by Gasteiger charge is -2.16. The largest absolute Gasteiger partial charge is 0.471 e. The normalized spacial score (nSPS) is 12.3. The molecule has 1 heterocycles. The van der Waals surface area contributed by atoms with Crippen LogP contribution in [-0.4, -0.2) is 35.7 Å². The molecule has 0 saturated heterocycles. The van der Waals surface area contributed by atoms with Crippen LogP contribution < -0.4 is 0 Å². The Balaban J connectivity index is 2.10. The minimum Gasteiger partial charge on any atom is -0.329 e. The number of halogens is 3. The molecule has 10 heteroatoms. The molecular weight excluding hydrogens is 359 g/mol. The predicted molar refractivity (Wildman–Crippen MR) is 83.4 cm³/mol. The van der Waals surface area contributed by atoms with Crippen LogP contribution in [-0.2, 0) is 22.7 Å². The van der Waals surface area contributed by atoms with Crippen molar-refractivity contribution in [3.63, 3.8) is 0 Å². The van der Waals surface area contributed by atoms with Gasteiger partial charge in [0.1, 0.15) is 0 Å². The third-order valence-corrected chi connectivity index (χ3v) is 5.06. The summed E-state index contributed by atoms with van der Waals surface area (Å²) in [6, 6.07) is 6.13. The average Bonchev–Trinajstić information content (AvgIpc) is 3.04. The van der Waals surface area contributed by atoms with E-state index >= 15 is 0 Å². The fourth-order valence-electron chi connectivity index (χ4n) is 1.91. The molecule has 0 radical (unpaired) electrons. The Morgan fingerprint density at radius 2 is 1.92 bits per heavy atom. The first-order valence-electron chi connectivity index (χ1n) is 7.01. The zero-order chi connectivity index (χ0) is 18.7. The molecule has 0 aliphatic carbocycles. The zero-order valence-corrected chi connectivity index (χ0v) is 13.9. The van der Waals surface area contributed by atoms with Crippen LogP contribution in [0.3, 0.4) is 0 Å². The molecule has 1 aromatic heterocycles. The standard InChI is InChI=1S/C15H14F3N3O3S/c1-3-4-9-25(22,23)21(2)10-11-5-7-12(8-6-11)13-19-14(24-20-13)15(16,17)18/h1,5-8H,4,9-10H2,2H3. The first kappa shape index (κ1) is 19.0. The number of sulfonamides is 1. The minimum atomic E-state index is -4.71. The van der Waals surface area contributed by atoms with Crippen molar-refractivity contribution in [3.05, 3.63) is 35.7 Å². The van der Waals surface area contributed by atoms with Gasteiger partial charge in [0.05, 0.1) is 5.75 Å². The maximum Gasteiger partial charge on any atom is 0.471 e. The monoisotopic (exact) mass is 373 g/mol. The van der Waals surface area contributed by atoms with Gasteiger partial charge in [-0.1, -0.05) is 29.4 Å². The fourth-order valence-corrected chi connectivity index (χ4v) is 2.95. The highest BCUT2D eigenvalue weighted by atomic mass is 32.2. The Kier molecular flexibility index (Phi) is 5.49. The second-order valence-corrected chi connectivity index (χ2v) is 7.34. The first-order chi connectivity index (χ1) is 11.6. The van der Waals surface area contributed by atoms with Crippen LogP contribution >= 0.6 is 0 Å². The summed E-state index contributed by atoms with van der Waals surface area (Å²) in [5.74, 6) is 0.495. The van der Waals surface area contributed by atoms with Crippen LogP contribution in [0.15, 0.2) is 28.8 Å². The number of terminal acetylenes is 1. The van der Waals surface area contributed by atoms with Gasteiger partial charge in [-0.3, -0.25) is 0 Å². The molecule has 6 nitrogen and oxygen atoms in total. The third kappa shape index (κ3) is 4.80. The number of alkyl halides is 3. The molecule has 0 fully saturated rings. The van der Waals surface area contributed by atoms with Crippen molar-refractivity contribution in [1.29, 1.82) is 0 Å². The van der Waals surface area contributed by atoms with E-state index in [4.69, 9.17) is 6.42 Å². The van der Waals surface area contributed by atoms with Crippen LogP contribution in [0.2, 0.25) is 0 Å². The predicted octanol–water partition coefficient (Wildman–Crippen LogP) is 2.54. The smallest absolute Gasteiger partial charge is 0.329 e. The molecule has 25 heavy (non-hydrogen) atoms. The van der Waals surface area contributed by atoms with Crippen molar-refractivity contribution in [3.8, 4) is 23.7 Å². The van der Waals surface area contributed by atoms with E-state index in [1.54, 1.807) is 12.1 Å². The summed E-state index contributed by atoms with van der Waals surface area (Å²) in [4.78, 5) is 3.29. The second kappa shape index (κ2) is 7.25. The molecule has 0 aliphatic heterocycles. The zero-order valence-electron chi connectivity index (χ0n) is 13.1. The van der Waals surface area contributed by atoms with Crippen LogP contribution in [0.1, 0.15) is 17.9 Å². The summed E-state index contributed by atoms with van der Waals surface area (Å²) < 4.78 is 66.6. The number of benzene rings is 1. The van der Waals surface area contributed by atoms with E-state index in [-0.39, 0.29) is 24.5 Å². The Morgan fingerprint density at radius 1 is 1.28 bits per heavy atom. The number of hydrogen-bond acceptors (Lipinski definition) is 5. The van der Waals surface area contributed by atoms with Gasteiger partial charge in [0.2, 0.25) is 15.8 Å². The van der Waals surface area contributed by atoms with Gasteiger partial charge in [-0.05, 0) is 5.56 Å². The maximum absolute atomic E-state index is 12.5. The van der Waals surface area contributed by atoms with Crippen molar-refractivity contribution in [2.24, 2.45) is 0 Å². The van der Waals surface area contributed by atoms with Crippen LogP contribution in [0.5, 0.6) is 0 Å². The highest BCUT2D eigenvalue weighted by Crippen LogP contribution is 2.29. The topological polar surface area (TPSA) is 76.3 Å². The van der Waals surface area contributed by atoms with Gasteiger partial charge in [-0.15, -0.1) is 12.3 Å². The molecular formula is C15H14F3N3O3S. The van der Waals surface area contributed by atoms with Gasteiger partial charge >= 0.3 is 12.1 Å². The molecule has 0 spiro atoms. The van der Waals surface area contributed by atoms with E-state index in [2.05, 4.69) is 20.6 Å². The molecule has 0 bridgehead atoms. The molecule has 0 unspecified atom stereocenters. The first-order valence-corrected chi connectivity index (χ1v) is 8.62. The average molecular weight is 373 g/mol. The van der Waals surface area contributed by atoms with Crippen molar-refractivity contribution in [2.75, 3.05) is 12.8 Å². The van der Waals surface area contributed by atoms with Gasteiger partial charge in [-0.2, -0.15) is 18.2 Å². The Bertz CT molecular complexity index is 868. The molecule has 1 aromatic carbocycles. The minimum absolute atomic E-state index is 0.104. The number of rotatable bonds is 6. The van der Waals surface area contributed by atoms with E-state index in [1.807, 2.05) is 0 Å². The lowest BCUT2D eigenvalue weighted by atomic mass is 10.1. The quantitative estimate of drug-likeness (QED) is 0.728. The molecule has 0 N–H and O–H groups in total. The second-order valence-electron chi connectivity index (χ2n) is 5.14. The summed E-state index contributed by atoms with van der Waals surface area (Å²) >= 11 is 0. The van der Waals surface area contributed by atoms with Gasteiger partial charge in [-0.25, -0.2) is 12.7 Å². The Morgan fingerprint density at radius 3 is 2.44 bits per heavy atom.